The normalized spacial score (nSPS) is 20.2. The van der Waals surface area contributed by atoms with Crippen molar-refractivity contribution in [3.05, 3.63) is 28.8 Å². The van der Waals surface area contributed by atoms with Crippen molar-refractivity contribution in [2.45, 2.75) is 32.7 Å². The maximum atomic E-state index is 12.0. The average Bonchev–Trinajstić information content (AvgIpc) is 3.15. The van der Waals surface area contributed by atoms with Crippen LogP contribution in [0.25, 0.3) is 10.2 Å². The van der Waals surface area contributed by atoms with E-state index in [1.807, 2.05) is 18.2 Å². The number of nitrogens with one attached hydrogen (secondary N) is 1. The maximum Gasteiger partial charge on any atom is 0.250 e. The number of carbonyl (C=O) groups excluding carboxylic acids is 1. The highest BCUT2D eigenvalue weighted by molar-refractivity contribution is 7.72. The molecule has 9 heteroatoms. The molecule has 1 aromatic carbocycles. The van der Waals surface area contributed by atoms with Gasteiger partial charge in [-0.15, -0.1) is 11.3 Å². The zero-order chi connectivity index (χ0) is 22.6. The number of hydroxylamine groups is 1. The van der Waals surface area contributed by atoms with E-state index < -0.39 is 22.0 Å². The molecule has 7 nitrogen and oxygen atoms in total. The van der Waals surface area contributed by atoms with Gasteiger partial charge in [0.1, 0.15) is 10.7 Å². The van der Waals surface area contributed by atoms with Crippen molar-refractivity contribution >= 4 is 38.2 Å². The van der Waals surface area contributed by atoms with Gasteiger partial charge in [-0.1, -0.05) is 11.8 Å². The average molecular weight is 460 g/mol. The number of nitrogens with zero attached hydrogens (tertiary/aromatic N) is 2. The van der Waals surface area contributed by atoms with Crippen LogP contribution in [-0.2, 0) is 21.9 Å². The fourth-order valence-electron chi connectivity index (χ4n) is 3.42. The Bertz CT molecular complexity index is 1170. The lowest BCUT2D eigenvalue weighted by Gasteiger charge is -2.40. The lowest BCUT2D eigenvalue weighted by molar-refractivity contribution is -0.138. The topological polar surface area (TPSA) is 99.6 Å². The number of aromatic nitrogens is 1. The largest absolute Gasteiger partial charge is 0.301 e. The molecule has 0 bridgehead atoms. The van der Waals surface area contributed by atoms with E-state index in [0.717, 1.165) is 27.3 Å². The minimum absolute atomic E-state index is 0.250. The predicted octanol–water partition coefficient (Wildman–Crippen LogP) is 1.66. The summed E-state index contributed by atoms with van der Waals surface area (Å²) in [5.41, 5.74) is 2.03. The highest BCUT2D eigenvalue weighted by Crippen LogP contribution is 2.29. The number of rotatable bonds is 6. The smallest absolute Gasteiger partial charge is 0.250 e. The van der Waals surface area contributed by atoms with E-state index in [4.69, 9.17) is 5.21 Å². The summed E-state index contributed by atoms with van der Waals surface area (Å²) in [7, 11) is -0.679. The van der Waals surface area contributed by atoms with Crippen molar-refractivity contribution in [2.75, 3.05) is 19.3 Å². The van der Waals surface area contributed by atoms with Crippen molar-refractivity contribution in [1.29, 1.82) is 0 Å². The summed E-state index contributed by atoms with van der Waals surface area (Å²) in [6.45, 7) is 4.66. The SMILES string of the molecule is C[C@@H]1[C@@H](C#CC#Cc2ccc3nc(CC[C@@](C)(C[SH](=O)=O)C(=O)NO)sc3c2)CN1C. The third-order valence-corrected chi connectivity index (χ3v) is 7.77. The van der Waals surface area contributed by atoms with E-state index in [-0.39, 0.29) is 12.2 Å². The predicted molar refractivity (Wildman–Crippen MR) is 121 cm³/mol. The third-order valence-electron chi connectivity index (χ3n) is 5.74. The van der Waals surface area contributed by atoms with Gasteiger partial charge in [0.2, 0.25) is 5.91 Å². The van der Waals surface area contributed by atoms with Gasteiger partial charge in [0.05, 0.1) is 26.4 Å². The van der Waals surface area contributed by atoms with E-state index in [0.29, 0.717) is 18.4 Å². The number of hydrogen-bond acceptors (Lipinski definition) is 7. The van der Waals surface area contributed by atoms with E-state index in [9.17, 15) is 13.2 Å². The summed E-state index contributed by atoms with van der Waals surface area (Å²) in [6.07, 6.45) is 0.673. The van der Waals surface area contributed by atoms with Gasteiger partial charge in [-0.05, 0) is 57.4 Å². The molecule has 0 radical (unpaired) electrons. The van der Waals surface area contributed by atoms with Gasteiger partial charge < -0.3 is 4.90 Å². The fraction of sp³-hybridized carbons (Fsp3) is 0.455. The Hall–Kier alpha value is -2.43. The second-order valence-corrected chi connectivity index (χ2v) is 10.2. The molecule has 1 aliphatic heterocycles. The molecule has 164 valence electrons. The van der Waals surface area contributed by atoms with Crippen molar-refractivity contribution in [1.82, 2.24) is 15.4 Å². The number of carbonyl (C=O) groups is 1. The zero-order valence-corrected chi connectivity index (χ0v) is 19.3. The summed E-state index contributed by atoms with van der Waals surface area (Å²) in [4.78, 5) is 18.8. The maximum absolute atomic E-state index is 12.0. The number of aryl methyl sites for hydroxylation is 1. The van der Waals surface area contributed by atoms with E-state index >= 15 is 0 Å². The van der Waals surface area contributed by atoms with Crippen molar-refractivity contribution in [2.24, 2.45) is 11.3 Å². The Kier molecular flexibility index (Phi) is 7.34. The molecule has 3 atom stereocenters. The highest BCUT2D eigenvalue weighted by atomic mass is 32.2. The Morgan fingerprint density at radius 2 is 2.19 bits per heavy atom. The van der Waals surface area contributed by atoms with Gasteiger partial charge in [-0.3, -0.25) is 10.0 Å². The molecule has 3 rings (SSSR count). The second-order valence-electron chi connectivity index (χ2n) is 8.09. The molecule has 1 fully saturated rings. The monoisotopic (exact) mass is 459 g/mol. The Balaban J connectivity index is 1.69. The summed E-state index contributed by atoms with van der Waals surface area (Å²) < 4.78 is 23.3. The molecule has 0 aliphatic carbocycles. The molecule has 1 aliphatic rings. The Morgan fingerprint density at radius 3 is 2.84 bits per heavy atom. The first-order valence-corrected chi connectivity index (χ1v) is 12.1. The number of thiol groups is 1. The van der Waals surface area contributed by atoms with Gasteiger partial charge in [0.25, 0.3) is 0 Å². The first-order valence-electron chi connectivity index (χ1n) is 9.89. The third kappa shape index (κ3) is 5.63. The number of benzene rings is 1. The van der Waals surface area contributed by atoms with Gasteiger partial charge in [-0.25, -0.2) is 18.9 Å². The van der Waals surface area contributed by atoms with Crippen LogP contribution in [0.5, 0.6) is 0 Å². The molecular weight excluding hydrogens is 434 g/mol. The van der Waals surface area contributed by atoms with Gasteiger partial charge >= 0.3 is 0 Å². The van der Waals surface area contributed by atoms with Gasteiger partial charge in [0.15, 0.2) is 0 Å². The first-order chi connectivity index (χ1) is 14.7. The molecule has 2 aromatic rings. The molecule has 1 amide bonds. The van der Waals surface area contributed by atoms with Crippen molar-refractivity contribution in [3.8, 4) is 23.7 Å². The first kappa shape index (κ1) is 23.2. The molecule has 31 heavy (non-hydrogen) atoms. The molecule has 0 spiro atoms. The molecule has 0 saturated carbocycles. The minimum Gasteiger partial charge on any atom is -0.301 e. The Labute approximate surface area is 187 Å². The van der Waals surface area contributed by atoms with Crippen LogP contribution in [0, 0.1) is 35.0 Å². The number of hydrogen-bond donors (Lipinski definition) is 3. The van der Waals surface area contributed by atoms with Crippen LogP contribution in [0.1, 0.15) is 30.8 Å². The van der Waals surface area contributed by atoms with E-state index in [1.54, 1.807) is 5.48 Å². The van der Waals surface area contributed by atoms with Crippen LogP contribution < -0.4 is 5.48 Å². The molecule has 1 saturated heterocycles. The van der Waals surface area contributed by atoms with Crippen LogP contribution in [0.15, 0.2) is 18.2 Å². The molecular formula is C22H25N3O4S2. The molecule has 1 aromatic heterocycles. The molecule has 0 unspecified atom stereocenters. The van der Waals surface area contributed by atoms with Crippen LogP contribution >= 0.6 is 11.3 Å². The van der Waals surface area contributed by atoms with Gasteiger partial charge in [-0.2, -0.15) is 0 Å². The summed E-state index contributed by atoms with van der Waals surface area (Å²) in [5.74, 6) is 11.5. The second kappa shape index (κ2) is 9.80. The van der Waals surface area contributed by atoms with Crippen LogP contribution in [0.3, 0.4) is 0 Å². The molecule has 2 N–H and O–H groups in total. The van der Waals surface area contributed by atoms with Gasteiger partial charge in [0, 0.05) is 30.5 Å². The van der Waals surface area contributed by atoms with Crippen LogP contribution in [0.4, 0.5) is 0 Å². The fourth-order valence-corrected chi connectivity index (χ4v) is 5.30. The van der Waals surface area contributed by atoms with E-state index in [1.165, 1.54) is 18.3 Å². The van der Waals surface area contributed by atoms with Crippen molar-refractivity contribution in [3.63, 3.8) is 0 Å². The standard InChI is InChI=1S/C22H25N3O4S2/c1-15-17(13-25(15)3)7-5-4-6-16-8-9-18-19(12-16)30-20(23-18)10-11-22(2,14-31(28)29)21(26)24-27/h8-9,12,15,17,27,31H,10-11,13-14H2,1-3H3,(H,24,26)/t15-,17+,22+/m1/s1. The number of fused-ring (bicyclic) bond motifs is 1. The lowest BCUT2D eigenvalue weighted by Crippen LogP contribution is -2.51. The molecule has 2 heterocycles. The summed E-state index contributed by atoms with van der Waals surface area (Å²) >= 11 is 1.48. The van der Waals surface area contributed by atoms with E-state index in [2.05, 4.69) is 47.5 Å². The zero-order valence-electron chi connectivity index (χ0n) is 17.6. The lowest BCUT2D eigenvalue weighted by atomic mass is 9.87. The Morgan fingerprint density at radius 1 is 1.42 bits per heavy atom. The number of amides is 1. The number of thiazole rings is 1. The van der Waals surface area contributed by atoms with Crippen LogP contribution in [-0.4, -0.2) is 54.8 Å². The number of likely N-dealkylation sites (tertiary alicyclic amines) is 1. The summed E-state index contributed by atoms with van der Waals surface area (Å²) in [6, 6.07) is 6.22. The highest BCUT2D eigenvalue weighted by Gasteiger charge is 2.34. The van der Waals surface area contributed by atoms with Crippen LogP contribution in [0.2, 0.25) is 0 Å². The summed E-state index contributed by atoms with van der Waals surface area (Å²) in [5, 5.41) is 9.74. The quantitative estimate of drug-likeness (QED) is 0.263. The minimum atomic E-state index is -2.76. The van der Waals surface area contributed by atoms with Crippen molar-refractivity contribution < 1.29 is 18.4 Å².